The van der Waals surface area contributed by atoms with Crippen molar-refractivity contribution in [1.29, 1.82) is 0 Å². The van der Waals surface area contributed by atoms with Gasteiger partial charge in [0.1, 0.15) is 11.9 Å². The summed E-state index contributed by atoms with van der Waals surface area (Å²) in [6.07, 6.45) is 3.41. The summed E-state index contributed by atoms with van der Waals surface area (Å²) in [5, 5.41) is 2.75. The first-order chi connectivity index (χ1) is 12.8. The van der Waals surface area contributed by atoms with Crippen LogP contribution < -0.4 is 5.32 Å². The molecule has 0 bridgehead atoms. The molecule has 1 unspecified atom stereocenters. The van der Waals surface area contributed by atoms with Crippen LogP contribution in [0.3, 0.4) is 0 Å². The first-order valence-electron chi connectivity index (χ1n) is 9.02. The molecular weight excluding hydrogens is 358 g/mol. The molecule has 142 valence electrons. The third-order valence-corrected chi connectivity index (χ3v) is 5.81. The average Bonchev–Trinajstić information content (AvgIpc) is 3.01. The zero-order chi connectivity index (χ0) is 19.4. The third kappa shape index (κ3) is 4.89. The monoisotopic (exact) mass is 383 g/mol. The lowest BCUT2D eigenvalue weighted by Gasteiger charge is -2.25. The van der Waals surface area contributed by atoms with Gasteiger partial charge in [-0.05, 0) is 28.2 Å². The molecule has 2 aromatic rings. The van der Waals surface area contributed by atoms with Gasteiger partial charge in [-0.2, -0.15) is 0 Å². The van der Waals surface area contributed by atoms with Crippen molar-refractivity contribution in [3.05, 3.63) is 65.5 Å². The van der Waals surface area contributed by atoms with E-state index in [1.54, 1.807) is 29.1 Å². The van der Waals surface area contributed by atoms with Gasteiger partial charge in [0.05, 0.1) is 5.75 Å². The number of benzene rings is 1. The molecule has 0 aliphatic carbocycles. The van der Waals surface area contributed by atoms with Crippen molar-refractivity contribution in [1.82, 2.24) is 15.2 Å². The fourth-order valence-corrected chi connectivity index (χ4v) is 4.15. The molecule has 1 fully saturated rings. The van der Waals surface area contributed by atoms with Crippen molar-refractivity contribution in [3.8, 4) is 0 Å². The van der Waals surface area contributed by atoms with E-state index in [1.165, 1.54) is 5.56 Å². The predicted molar refractivity (Wildman–Crippen MR) is 108 cm³/mol. The van der Waals surface area contributed by atoms with Crippen molar-refractivity contribution >= 4 is 23.6 Å². The quantitative estimate of drug-likeness (QED) is 0.861. The number of aromatic nitrogens is 1. The Hall–Kier alpha value is -2.34. The lowest BCUT2D eigenvalue weighted by atomic mass is 9.87. The van der Waals surface area contributed by atoms with Gasteiger partial charge >= 0.3 is 0 Å². The number of carbonyl (C=O) groups is 2. The second-order valence-electron chi connectivity index (χ2n) is 7.70. The molecule has 2 heterocycles. The largest absolute Gasteiger partial charge is 0.350 e. The zero-order valence-electron chi connectivity index (χ0n) is 15.9. The lowest BCUT2D eigenvalue weighted by Crippen LogP contribution is -2.39. The molecule has 1 aliphatic rings. The predicted octanol–water partition coefficient (Wildman–Crippen LogP) is 3.27. The zero-order valence-corrected chi connectivity index (χ0v) is 16.8. The minimum atomic E-state index is -0.161. The number of rotatable bonds is 5. The van der Waals surface area contributed by atoms with Crippen LogP contribution in [-0.2, 0) is 21.5 Å². The van der Waals surface area contributed by atoms with E-state index in [2.05, 4.69) is 55.3 Å². The van der Waals surface area contributed by atoms with Crippen LogP contribution in [0.25, 0.3) is 0 Å². The number of amides is 2. The molecule has 0 saturated carbocycles. The molecule has 1 aliphatic heterocycles. The lowest BCUT2D eigenvalue weighted by molar-refractivity contribution is -0.133. The molecule has 6 heteroatoms. The van der Waals surface area contributed by atoms with Gasteiger partial charge in [0.25, 0.3) is 0 Å². The number of nitrogens with one attached hydrogen (secondary N) is 1. The highest BCUT2D eigenvalue weighted by molar-refractivity contribution is 8.00. The molecule has 1 aromatic carbocycles. The summed E-state index contributed by atoms with van der Waals surface area (Å²) in [5.74, 6) is 0.245. The Balaban J connectivity index is 1.64. The highest BCUT2D eigenvalue weighted by Crippen LogP contribution is 2.38. The maximum Gasteiger partial charge on any atom is 0.239 e. The Morgan fingerprint density at radius 2 is 2.00 bits per heavy atom. The van der Waals surface area contributed by atoms with E-state index < -0.39 is 0 Å². The maximum atomic E-state index is 12.3. The smallest absolute Gasteiger partial charge is 0.239 e. The summed E-state index contributed by atoms with van der Waals surface area (Å²) in [7, 11) is 0. The number of hydrogen-bond donors (Lipinski definition) is 1. The van der Waals surface area contributed by atoms with Gasteiger partial charge < -0.3 is 10.2 Å². The van der Waals surface area contributed by atoms with Gasteiger partial charge in [0.2, 0.25) is 11.8 Å². The summed E-state index contributed by atoms with van der Waals surface area (Å²) in [5.41, 5.74) is 3.32. The van der Waals surface area contributed by atoms with Gasteiger partial charge in [0, 0.05) is 18.9 Å². The number of thioether (sulfide) groups is 1. The van der Waals surface area contributed by atoms with E-state index in [0.717, 1.165) is 11.1 Å². The van der Waals surface area contributed by atoms with Crippen LogP contribution in [-0.4, -0.2) is 34.0 Å². The standard InChI is InChI=1S/C21H25N3O2S/c1-21(2,3)17-8-6-16(7-9-17)20-24(19(26)14-27-20)13-18(25)23-12-15-5-4-10-22-11-15/h4-11,20H,12-14H2,1-3H3,(H,23,25). The van der Waals surface area contributed by atoms with Gasteiger partial charge in [-0.1, -0.05) is 51.1 Å². The normalized spacial score (nSPS) is 17.2. The maximum absolute atomic E-state index is 12.3. The first kappa shape index (κ1) is 19.4. The summed E-state index contributed by atoms with van der Waals surface area (Å²) in [4.78, 5) is 30.4. The van der Waals surface area contributed by atoms with E-state index in [4.69, 9.17) is 0 Å². The van der Waals surface area contributed by atoms with Crippen LogP contribution in [0.5, 0.6) is 0 Å². The SMILES string of the molecule is CC(C)(C)c1ccc(C2SCC(=O)N2CC(=O)NCc2cccnc2)cc1. The van der Waals surface area contributed by atoms with Crippen LogP contribution in [0, 0.1) is 0 Å². The molecule has 0 spiro atoms. The number of hydrogen-bond acceptors (Lipinski definition) is 4. The van der Waals surface area contributed by atoms with Gasteiger partial charge in [-0.25, -0.2) is 0 Å². The van der Waals surface area contributed by atoms with Gasteiger partial charge in [0.15, 0.2) is 0 Å². The summed E-state index contributed by atoms with van der Waals surface area (Å²) >= 11 is 1.57. The second-order valence-corrected chi connectivity index (χ2v) is 8.76. The molecule has 1 aromatic heterocycles. The Kier molecular flexibility index (Phi) is 5.85. The number of nitrogens with zero attached hydrogens (tertiary/aromatic N) is 2. The molecule has 1 atom stereocenters. The fourth-order valence-electron chi connectivity index (χ4n) is 2.96. The summed E-state index contributed by atoms with van der Waals surface area (Å²) < 4.78 is 0. The minimum absolute atomic E-state index is 0.00132. The van der Waals surface area contributed by atoms with Gasteiger partial charge in [-0.15, -0.1) is 11.8 Å². The highest BCUT2D eigenvalue weighted by Gasteiger charge is 2.34. The minimum Gasteiger partial charge on any atom is -0.350 e. The van der Waals surface area contributed by atoms with Crippen LogP contribution in [0.2, 0.25) is 0 Å². The molecule has 5 nitrogen and oxygen atoms in total. The molecular formula is C21H25N3O2S. The summed E-state index contributed by atoms with van der Waals surface area (Å²) in [6.45, 7) is 7.00. The molecule has 27 heavy (non-hydrogen) atoms. The topological polar surface area (TPSA) is 62.3 Å². The average molecular weight is 384 g/mol. The Bertz CT molecular complexity index is 800. The second kappa shape index (κ2) is 8.13. The van der Waals surface area contributed by atoms with Crippen molar-refractivity contribution in [2.24, 2.45) is 0 Å². The molecule has 2 amide bonds. The Morgan fingerprint density at radius 3 is 2.63 bits per heavy atom. The van der Waals surface area contributed by atoms with E-state index >= 15 is 0 Å². The van der Waals surface area contributed by atoms with E-state index in [-0.39, 0.29) is 29.1 Å². The van der Waals surface area contributed by atoms with Crippen LogP contribution >= 0.6 is 11.8 Å². The van der Waals surface area contributed by atoms with Crippen molar-refractivity contribution in [2.45, 2.75) is 38.1 Å². The van der Waals surface area contributed by atoms with Gasteiger partial charge in [-0.3, -0.25) is 14.6 Å². The fraction of sp³-hybridized carbons (Fsp3) is 0.381. The van der Waals surface area contributed by atoms with Crippen molar-refractivity contribution < 1.29 is 9.59 Å². The molecule has 0 radical (unpaired) electrons. The Labute approximate surface area is 164 Å². The highest BCUT2D eigenvalue weighted by atomic mass is 32.2. The number of carbonyl (C=O) groups excluding carboxylic acids is 2. The third-order valence-electron chi connectivity index (χ3n) is 4.56. The van der Waals surface area contributed by atoms with E-state index in [0.29, 0.717) is 12.3 Å². The number of pyridine rings is 1. The molecule has 3 rings (SSSR count). The van der Waals surface area contributed by atoms with Crippen LogP contribution in [0.4, 0.5) is 0 Å². The molecule has 1 saturated heterocycles. The van der Waals surface area contributed by atoms with Crippen molar-refractivity contribution in [2.75, 3.05) is 12.3 Å². The van der Waals surface area contributed by atoms with Crippen LogP contribution in [0.15, 0.2) is 48.8 Å². The summed E-state index contributed by atoms with van der Waals surface area (Å²) in [6, 6.07) is 12.1. The van der Waals surface area contributed by atoms with Crippen molar-refractivity contribution in [3.63, 3.8) is 0 Å². The first-order valence-corrected chi connectivity index (χ1v) is 10.1. The van der Waals surface area contributed by atoms with Crippen LogP contribution in [0.1, 0.15) is 42.8 Å². The van der Waals surface area contributed by atoms with E-state index in [9.17, 15) is 9.59 Å². The Morgan fingerprint density at radius 1 is 1.26 bits per heavy atom. The molecule has 1 N–H and O–H groups in total. The van der Waals surface area contributed by atoms with E-state index in [1.807, 2.05) is 12.1 Å².